The Morgan fingerprint density at radius 3 is 2.43 bits per heavy atom. The van der Waals surface area contributed by atoms with E-state index >= 15 is 0 Å². The van der Waals surface area contributed by atoms with Crippen molar-refractivity contribution in [2.24, 2.45) is 11.1 Å². The second kappa shape index (κ2) is 7.25. The molecule has 0 bridgehead atoms. The molecule has 1 aliphatic rings. The summed E-state index contributed by atoms with van der Waals surface area (Å²) in [6.45, 7) is 2.03. The highest BCUT2D eigenvalue weighted by Gasteiger charge is 2.20. The molecule has 0 aliphatic carbocycles. The molecular formula is C16H20N2O2S3. The number of nitrogens with zero attached hydrogens (tertiary/aromatic N) is 1. The van der Waals surface area contributed by atoms with Crippen LogP contribution in [-0.2, 0) is 10.0 Å². The van der Waals surface area contributed by atoms with E-state index in [9.17, 15) is 8.42 Å². The summed E-state index contributed by atoms with van der Waals surface area (Å²) in [5.41, 5.74) is 1.07. The van der Waals surface area contributed by atoms with Gasteiger partial charge in [-0.2, -0.15) is 11.3 Å². The third-order valence-corrected chi connectivity index (χ3v) is 7.11. The first-order valence-electron chi connectivity index (χ1n) is 7.55. The van der Waals surface area contributed by atoms with Crippen molar-refractivity contribution >= 4 is 38.8 Å². The van der Waals surface area contributed by atoms with Gasteiger partial charge in [-0.1, -0.05) is 0 Å². The standard InChI is InChI=1S/C16H20N2O2S3/c17-23(19,20)16-3-1-14(2-4-16)18-8-5-13(6-9-18)11-22-15-7-10-21-12-15/h1-4,7,10,12-13H,5-6,8-9,11H2,(H2,17,19,20). The van der Waals surface area contributed by atoms with Gasteiger partial charge in [-0.05, 0) is 54.5 Å². The van der Waals surface area contributed by atoms with Crippen LogP contribution in [-0.4, -0.2) is 27.3 Å². The van der Waals surface area contributed by atoms with E-state index in [-0.39, 0.29) is 4.90 Å². The monoisotopic (exact) mass is 368 g/mol. The topological polar surface area (TPSA) is 63.4 Å². The molecule has 0 unspecified atom stereocenters. The van der Waals surface area contributed by atoms with Crippen molar-refractivity contribution < 1.29 is 8.42 Å². The number of hydrogen-bond donors (Lipinski definition) is 1. The molecule has 2 N–H and O–H groups in total. The number of piperidine rings is 1. The van der Waals surface area contributed by atoms with Crippen LogP contribution in [0.2, 0.25) is 0 Å². The van der Waals surface area contributed by atoms with Crippen LogP contribution in [0.15, 0.2) is 50.9 Å². The Balaban J connectivity index is 1.52. The molecule has 1 aromatic carbocycles. The second-order valence-corrected chi connectivity index (χ2v) is 9.17. The van der Waals surface area contributed by atoms with Gasteiger partial charge < -0.3 is 4.90 Å². The molecule has 0 saturated carbocycles. The lowest BCUT2D eigenvalue weighted by atomic mass is 9.98. The smallest absolute Gasteiger partial charge is 0.238 e. The predicted octanol–water partition coefficient (Wildman–Crippen LogP) is 3.40. The molecule has 124 valence electrons. The Bertz CT molecular complexity index is 719. The van der Waals surface area contributed by atoms with Gasteiger partial charge in [-0.3, -0.25) is 0 Å². The number of primary sulfonamides is 1. The Morgan fingerprint density at radius 2 is 1.87 bits per heavy atom. The minimum atomic E-state index is -3.61. The molecule has 0 spiro atoms. The van der Waals surface area contributed by atoms with Crippen molar-refractivity contribution in [3.8, 4) is 0 Å². The van der Waals surface area contributed by atoms with Crippen LogP contribution in [0.1, 0.15) is 12.8 Å². The van der Waals surface area contributed by atoms with Gasteiger partial charge in [0.25, 0.3) is 0 Å². The van der Waals surface area contributed by atoms with Gasteiger partial charge >= 0.3 is 0 Å². The highest BCUT2D eigenvalue weighted by atomic mass is 32.2. The molecule has 0 amide bonds. The number of thioether (sulfide) groups is 1. The quantitative estimate of drug-likeness (QED) is 0.822. The maximum atomic E-state index is 11.3. The van der Waals surface area contributed by atoms with Crippen molar-refractivity contribution in [3.63, 3.8) is 0 Å². The lowest BCUT2D eigenvalue weighted by Gasteiger charge is -2.33. The fourth-order valence-corrected chi connectivity index (χ4v) is 5.24. The molecule has 4 nitrogen and oxygen atoms in total. The summed E-state index contributed by atoms with van der Waals surface area (Å²) in [6.07, 6.45) is 2.35. The van der Waals surface area contributed by atoms with Crippen molar-refractivity contribution in [1.82, 2.24) is 0 Å². The van der Waals surface area contributed by atoms with Gasteiger partial charge in [0.1, 0.15) is 0 Å². The zero-order valence-electron chi connectivity index (χ0n) is 12.7. The SMILES string of the molecule is NS(=O)(=O)c1ccc(N2CCC(CSc3ccsc3)CC2)cc1. The number of sulfonamides is 1. The summed E-state index contributed by atoms with van der Waals surface area (Å²) >= 11 is 3.69. The first-order chi connectivity index (χ1) is 11.0. The molecular weight excluding hydrogens is 348 g/mol. The van der Waals surface area contributed by atoms with Crippen LogP contribution in [0, 0.1) is 5.92 Å². The van der Waals surface area contributed by atoms with Gasteiger partial charge in [-0.15, -0.1) is 11.8 Å². The molecule has 1 aliphatic heterocycles. The number of rotatable bonds is 5. The summed E-state index contributed by atoms with van der Waals surface area (Å²) in [7, 11) is -3.61. The van der Waals surface area contributed by atoms with Crippen molar-refractivity contribution in [1.29, 1.82) is 0 Å². The van der Waals surface area contributed by atoms with Gasteiger partial charge in [0, 0.05) is 34.8 Å². The first kappa shape index (κ1) is 16.8. The van der Waals surface area contributed by atoms with Gasteiger partial charge in [0.15, 0.2) is 0 Å². The Kier molecular flexibility index (Phi) is 5.31. The normalized spacial score (nSPS) is 16.7. The fraction of sp³-hybridized carbons (Fsp3) is 0.375. The van der Waals surface area contributed by atoms with Crippen molar-refractivity contribution in [2.75, 3.05) is 23.7 Å². The highest BCUT2D eigenvalue weighted by molar-refractivity contribution is 7.99. The van der Waals surface area contributed by atoms with E-state index in [0.29, 0.717) is 0 Å². The Hall–Kier alpha value is -1.02. The van der Waals surface area contributed by atoms with Crippen LogP contribution in [0.3, 0.4) is 0 Å². The molecule has 23 heavy (non-hydrogen) atoms. The molecule has 7 heteroatoms. The highest BCUT2D eigenvalue weighted by Crippen LogP contribution is 2.29. The van der Waals surface area contributed by atoms with Crippen LogP contribution in [0.5, 0.6) is 0 Å². The molecule has 2 aromatic rings. The predicted molar refractivity (Wildman–Crippen MR) is 97.8 cm³/mol. The number of benzene rings is 1. The average molecular weight is 369 g/mol. The van der Waals surface area contributed by atoms with Crippen LogP contribution in [0.4, 0.5) is 5.69 Å². The lowest BCUT2D eigenvalue weighted by Crippen LogP contribution is -2.34. The minimum Gasteiger partial charge on any atom is -0.372 e. The van der Waals surface area contributed by atoms with E-state index in [0.717, 1.165) is 24.7 Å². The van der Waals surface area contributed by atoms with E-state index in [1.165, 1.54) is 23.5 Å². The van der Waals surface area contributed by atoms with Crippen molar-refractivity contribution in [3.05, 3.63) is 41.1 Å². The van der Waals surface area contributed by atoms with Crippen molar-refractivity contribution in [2.45, 2.75) is 22.6 Å². The maximum Gasteiger partial charge on any atom is 0.238 e. The Morgan fingerprint density at radius 1 is 1.17 bits per heavy atom. The van der Waals surface area contributed by atoms with E-state index < -0.39 is 10.0 Å². The van der Waals surface area contributed by atoms with E-state index in [2.05, 4.69) is 21.7 Å². The third-order valence-electron chi connectivity index (χ3n) is 4.13. The number of nitrogens with two attached hydrogens (primary N) is 1. The lowest BCUT2D eigenvalue weighted by molar-refractivity contribution is 0.445. The van der Waals surface area contributed by atoms with Crippen LogP contribution >= 0.6 is 23.1 Å². The third kappa shape index (κ3) is 4.50. The van der Waals surface area contributed by atoms with Crippen LogP contribution < -0.4 is 10.0 Å². The fourth-order valence-electron chi connectivity index (χ4n) is 2.75. The van der Waals surface area contributed by atoms with Crippen LogP contribution in [0.25, 0.3) is 0 Å². The number of thiophene rings is 1. The largest absolute Gasteiger partial charge is 0.372 e. The van der Waals surface area contributed by atoms with E-state index in [1.54, 1.807) is 23.5 Å². The zero-order valence-corrected chi connectivity index (χ0v) is 15.2. The van der Waals surface area contributed by atoms with E-state index in [4.69, 9.17) is 5.14 Å². The average Bonchev–Trinajstić information content (AvgIpc) is 3.06. The minimum absolute atomic E-state index is 0.170. The summed E-state index contributed by atoms with van der Waals surface area (Å²) in [5.74, 6) is 1.93. The van der Waals surface area contributed by atoms with Gasteiger partial charge in [-0.25, -0.2) is 13.6 Å². The summed E-state index contributed by atoms with van der Waals surface area (Å²) in [6, 6.07) is 9.05. The number of hydrogen-bond acceptors (Lipinski definition) is 5. The molecule has 1 aromatic heterocycles. The van der Waals surface area contributed by atoms with E-state index in [1.807, 2.05) is 23.9 Å². The first-order valence-corrected chi connectivity index (χ1v) is 11.0. The molecule has 2 heterocycles. The summed E-state index contributed by atoms with van der Waals surface area (Å²) in [5, 5.41) is 9.46. The molecule has 0 atom stereocenters. The summed E-state index contributed by atoms with van der Waals surface area (Å²) in [4.78, 5) is 3.86. The number of anilines is 1. The molecule has 0 radical (unpaired) electrons. The van der Waals surface area contributed by atoms with Gasteiger partial charge in [0.2, 0.25) is 10.0 Å². The molecule has 1 saturated heterocycles. The zero-order chi connectivity index (χ0) is 16.3. The second-order valence-electron chi connectivity index (χ2n) is 5.74. The molecule has 3 rings (SSSR count). The maximum absolute atomic E-state index is 11.3. The van der Waals surface area contributed by atoms with Gasteiger partial charge in [0.05, 0.1) is 4.90 Å². The Labute approximate surface area is 145 Å². The summed E-state index contributed by atoms with van der Waals surface area (Å²) < 4.78 is 22.6. The molecule has 1 fully saturated rings.